The van der Waals surface area contributed by atoms with Gasteiger partial charge in [-0.15, -0.1) is 22.7 Å². The summed E-state index contributed by atoms with van der Waals surface area (Å²) in [6.45, 7) is 4.28. The molecule has 4 aliphatic rings. The minimum atomic E-state index is -4.52. The van der Waals surface area contributed by atoms with Gasteiger partial charge in [-0.05, 0) is 95.9 Å². The largest absolute Gasteiger partial charge is 0.409 e. The van der Waals surface area contributed by atoms with E-state index in [4.69, 9.17) is 32.7 Å². The summed E-state index contributed by atoms with van der Waals surface area (Å²) in [5.41, 5.74) is 6.79. The molecule has 2 saturated heterocycles. The molecule has 4 aliphatic heterocycles. The molecule has 0 saturated carbocycles. The number of hydrogen-bond donors (Lipinski definition) is 0. The average Bonchev–Trinajstić information content (AvgIpc) is 3.82. The van der Waals surface area contributed by atoms with Gasteiger partial charge in [-0.3, -0.25) is 9.59 Å². The van der Waals surface area contributed by atoms with Crippen molar-refractivity contribution in [1.29, 1.82) is 0 Å². The van der Waals surface area contributed by atoms with Crippen LogP contribution in [-0.4, -0.2) is 73.5 Å². The van der Waals surface area contributed by atoms with Crippen molar-refractivity contribution >= 4 is 57.7 Å². The standard InChI is InChI=1S/2C23H23ClF3NO2S/c2*24-21-12-18-19(13-28(14-20(18)31-21)22(29)5-8-23(25,26)27)17-4-2-1-3-16(17)11-15-6-9-30-10-7-15/h2*1-5,8,12,15,19H,6-7,9-11,13-14H2/b2*8-5+/t2*19-/m10/s1. The number of nitrogens with zero attached hydrogens (tertiary/aromatic N) is 2. The zero-order valence-electron chi connectivity index (χ0n) is 33.7. The lowest BCUT2D eigenvalue weighted by Gasteiger charge is -2.34. The van der Waals surface area contributed by atoms with Crippen molar-refractivity contribution in [3.8, 4) is 0 Å². The van der Waals surface area contributed by atoms with Gasteiger partial charge in [-0.25, -0.2) is 0 Å². The summed E-state index contributed by atoms with van der Waals surface area (Å²) in [5.74, 6) is -0.440. The smallest absolute Gasteiger partial charge is 0.381 e. The maximum absolute atomic E-state index is 12.6. The average molecular weight is 940 g/mol. The Labute approximate surface area is 375 Å². The predicted molar refractivity (Wildman–Crippen MR) is 231 cm³/mol. The van der Waals surface area contributed by atoms with Crippen LogP contribution in [0.15, 0.2) is 85.0 Å². The van der Waals surface area contributed by atoms with Gasteiger partial charge in [-0.1, -0.05) is 71.7 Å². The van der Waals surface area contributed by atoms with Crippen LogP contribution in [-0.2, 0) is 45.0 Å². The van der Waals surface area contributed by atoms with Crippen molar-refractivity contribution in [3.63, 3.8) is 0 Å². The summed E-state index contributed by atoms with van der Waals surface area (Å²) in [4.78, 5) is 29.9. The third-order valence-electron chi connectivity index (χ3n) is 11.9. The summed E-state index contributed by atoms with van der Waals surface area (Å²) in [6, 6.07) is 20.2. The normalized spacial score (nSPS) is 20.3. The molecule has 0 spiro atoms. The second kappa shape index (κ2) is 20.5. The van der Waals surface area contributed by atoms with Crippen LogP contribution in [0.4, 0.5) is 26.3 Å². The molecule has 2 fully saturated rings. The van der Waals surface area contributed by atoms with E-state index in [-0.39, 0.29) is 37.1 Å². The van der Waals surface area contributed by atoms with E-state index in [0.29, 0.717) is 45.8 Å². The lowest BCUT2D eigenvalue weighted by Crippen LogP contribution is -2.37. The fraction of sp³-hybridized carbons (Fsp3) is 0.435. The van der Waals surface area contributed by atoms with Gasteiger partial charge in [0.15, 0.2) is 0 Å². The molecule has 6 nitrogen and oxygen atoms in total. The van der Waals surface area contributed by atoms with Crippen LogP contribution in [0.2, 0.25) is 8.67 Å². The number of halogens is 8. The van der Waals surface area contributed by atoms with Crippen LogP contribution >= 0.6 is 45.9 Å². The first-order valence-electron chi connectivity index (χ1n) is 20.6. The number of fused-ring (bicyclic) bond motifs is 2. The highest BCUT2D eigenvalue weighted by Gasteiger charge is 2.35. The van der Waals surface area contributed by atoms with Gasteiger partial charge in [0.25, 0.3) is 0 Å². The van der Waals surface area contributed by atoms with Gasteiger partial charge in [-0.2, -0.15) is 26.3 Å². The Kier molecular flexibility index (Phi) is 15.3. The highest BCUT2D eigenvalue weighted by Crippen LogP contribution is 2.43. The molecule has 2 aromatic heterocycles. The zero-order chi connectivity index (χ0) is 44.0. The first-order valence-corrected chi connectivity index (χ1v) is 23.0. The summed E-state index contributed by atoms with van der Waals surface area (Å²) < 4.78 is 87.6. The molecule has 0 bridgehead atoms. The van der Waals surface area contributed by atoms with E-state index in [1.165, 1.54) is 43.6 Å². The molecule has 8 rings (SSSR count). The summed E-state index contributed by atoms with van der Waals surface area (Å²) in [5, 5.41) is 0. The van der Waals surface area contributed by atoms with Crippen LogP contribution in [0.25, 0.3) is 0 Å². The summed E-state index contributed by atoms with van der Waals surface area (Å²) in [7, 11) is 0. The molecule has 332 valence electrons. The number of carbonyl (C=O) groups excluding carboxylic acids is 2. The Bertz CT molecular complexity index is 2090. The minimum absolute atomic E-state index is 0.000348. The molecule has 2 atom stereocenters. The Morgan fingerprint density at radius 3 is 1.35 bits per heavy atom. The minimum Gasteiger partial charge on any atom is -0.381 e. The summed E-state index contributed by atoms with van der Waals surface area (Å²) >= 11 is 15.3. The van der Waals surface area contributed by atoms with Crippen LogP contribution in [0.1, 0.15) is 80.7 Å². The molecule has 2 amide bonds. The van der Waals surface area contributed by atoms with Gasteiger partial charge >= 0.3 is 12.4 Å². The molecular weight excluding hydrogens is 894 g/mol. The highest BCUT2D eigenvalue weighted by molar-refractivity contribution is 7.16. The van der Waals surface area contributed by atoms with Gasteiger partial charge in [0, 0.05) is 85.4 Å². The topological polar surface area (TPSA) is 59.1 Å². The molecule has 16 heteroatoms. The van der Waals surface area contributed by atoms with E-state index < -0.39 is 24.2 Å². The lowest BCUT2D eigenvalue weighted by molar-refractivity contribution is -0.128. The number of rotatable bonds is 8. The number of thiophene rings is 2. The third kappa shape index (κ3) is 12.3. The van der Waals surface area contributed by atoms with Crippen LogP contribution < -0.4 is 0 Å². The molecule has 0 unspecified atom stereocenters. The fourth-order valence-corrected chi connectivity index (χ4v) is 11.5. The van der Waals surface area contributed by atoms with Gasteiger partial charge in [0.1, 0.15) is 0 Å². The van der Waals surface area contributed by atoms with E-state index in [0.717, 1.165) is 97.0 Å². The Morgan fingerprint density at radius 1 is 0.613 bits per heavy atom. The number of benzene rings is 2. The molecule has 62 heavy (non-hydrogen) atoms. The maximum Gasteiger partial charge on any atom is 0.409 e. The van der Waals surface area contributed by atoms with Gasteiger partial charge < -0.3 is 19.3 Å². The second-order valence-electron chi connectivity index (χ2n) is 16.1. The monoisotopic (exact) mass is 938 g/mol. The summed E-state index contributed by atoms with van der Waals surface area (Å²) in [6.07, 6.45) is -1.89. The molecule has 0 radical (unpaired) electrons. The van der Waals surface area contributed by atoms with E-state index in [9.17, 15) is 35.9 Å². The number of carbonyl (C=O) groups is 2. The van der Waals surface area contributed by atoms with Crippen molar-refractivity contribution in [2.75, 3.05) is 39.5 Å². The van der Waals surface area contributed by atoms with Gasteiger partial charge in [0.2, 0.25) is 11.8 Å². The first-order chi connectivity index (χ1) is 29.6. The van der Waals surface area contributed by atoms with E-state index in [1.807, 2.05) is 36.4 Å². The number of amides is 2. The highest BCUT2D eigenvalue weighted by atomic mass is 35.5. The Balaban J connectivity index is 0.000000186. The number of alkyl halides is 6. The number of ether oxygens (including phenoxy) is 2. The molecule has 4 aromatic rings. The Morgan fingerprint density at radius 2 is 0.984 bits per heavy atom. The SMILES string of the molecule is O=C(/C=C/C(F)(F)F)N1Cc2sc(Cl)cc2[C@@H](c2ccccc2CC2CCOCC2)C1.O=C(/C=C/C(F)(F)F)N1Cc2sc(Cl)cc2[C@H](c2ccccc2CC2CCOCC2)C1. The fourth-order valence-electron chi connectivity index (χ4n) is 8.82. The Hall–Kier alpha value is -3.66. The van der Waals surface area contributed by atoms with Crippen LogP contribution in [0.5, 0.6) is 0 Å². The molecule has 6 heterocycles. The van der Waals surface area contributed by atoms with Crippen molar-refractivity contribution < 1.29 is 45.4 Å². The zero-order valence-corrected chi connectivity index (χ0v) is 36.8. The number of hydrogen-bond acceptors (Lipinski definition) is 6. The molecule has 2 aromatic carbocycles. The third-order valence-corrected chi connectivity index (χ3v) is 14.4. The van der Waals surface area contributed by atoms with Gasteiger partial charge in [0.05, 0.1) is 21.8 Å². The van der Waals surface area contributed by atoms with Crippen molar-refractivity contribution in [1.82, 2.24) is 9.80 Å². The van der Waals surface area contributed by atoms with Crippen molar-refractivity contribution in [3.05, 3.63) is 137 Å². The first kappa shape index (κ1) is 46.3. The van der Waals surface area contributed by atoms with E-state index in [2.05, 4.69) is 24.3 Å². The maximum atomic E-state index is 12.6. The predicted octanol–water partition coefficient (Wildman–Crippen LogP) is 11.9. The van der Waals surface area contributed by atoms with E-state index in [1.54, 1.807) is 0 Å². The second-order valence-corrected chi connectivity index (χ2v) is 19.6. The van der Waals surface area contributed by atoms with Crippen molar-refractivity contribution in [2.24, 2.45) is 11.8 Å². The van der Waals surface area contributed by atoms with Crippen LogP contribution in [0.3, 0.4) is 0 Å². The molecular formula is C46H46Cl2F6N2O4S2. The lowest BCUT2D eigenvalue weighted by atomic mass is 9.82. The molecule has 0 aliphatic carbocycles. The quantitative estimate of drug-likeness (QED) is 0.130. The molecule has 0 N–H and O–H groups in total. The van der Waals surface area contributed by atoms with E-state index >= 15 is 0 Å². The number of allylic oxidation sites excluding steroid dienone is 2. The van der Waals surface area contributed by atoms with Crippen LogP contribution in [0, 0.1) is 11.8 Å². The van der Waals surface area contributed by atoms with Crippen molar-refractivity contribution in [2.45, 2.75) is 75.8 Å².